The summed E-state index contributed by atoms with van der Waals surface area (Å²) in [4.78, 5) is 0. The van der Waals surface area contributed by atoms with Crippen molar-refractivity contribution in [1.82, 2.24) is 10.6 Å². The summed E-state index contributed by atoms with van der Waals surface area (Å²) in [6.07, 6.45) is 3.98. The number of hydrogen-bond acceptors (Lipinski definition) is 4. The van der Waals surface area contributed by atoms with Crippen LogP contribution in [0.25, 0.3) is 21.5 Å². The molecule has 4 heteroatoms. The van der Waals surface area contributed by atoms with Crippen molar-refractivity contribution in [3.05, 3.63) is 59.7 Å². The molecule has 106 valence electrons. The molecule has 0 heterocycles. The monoisotopic (exact) mass is 286 g/mol. The fourth-order valence-electron chi connectivity index (χ4n) is 2.95. The molecule has 4 nitrogen and oxygen atoms in total. The van der Waals surface area contributed by atoms with Gasteiger partial charge < -0.3 is 10.6 Å². The standard InChI is InChI=1S/C18H14N4/c19-11-21-9-17-13-5-1-2-6-14(13)18(10-22-12-20)16-8-4-3-7-15(16)17/h1-8,21-22H,9-10H2. The van der Waals surface area contributed by atoms with Crippen molar-refractivity contribution in [3.8, 4) is 12.4 Å². The predicted molar refractivity (Wildman–Crippen MR) is 86.4 cm³/mol. The van der Waals surface area contributed by atoms with E-state index < -0.39 is 0 Å². The van der Waals surface area contributed by atoms with Gasteiger partial charge in [-0.2, -0.15) is 10.5 Å². The van der Waals surface area contributed by atoms with Gasteiger partial charge in [0.05, 0.1) is 13.1 Å². The third-order valence-electron chi connectivity index (χ3n) is 3.84. The average Bonchev–Trinajstić information content (AvgIpc) is 2.58. The molecule has 3 aromatic rings. The van der Waals surface area contributed by atoms with Crippen molar-refractivity contribution in [3.63, 3.8) is 0 Å². The molecule has 3 aromatic carbocycles. The highest BCUT2D eigenvalue weighted by molar-refractivity contribution is 6.05. The predicted octanol–water partition coefficient (Wildman–Crippen LogP) is 3.13. The van der Waals surface area contributed by atoms with Gasteiger partial charge in [-0.25, -0.2) is 0 Å². The molecule has 22 heavy (non-hydrogen) atoms. The molecule has 3 rings (SSSR count). The van der Waals surface area contributed by atoms with Crippen LogP contribution in [0.15, 0.2) is 48.5 Å². The zero-order valence-corrected chi connectivity index (χ0v) is 11.9. The van der Waals surface area contributed by atoms with E-state index >= 15 is 0 Å². The Morgan fingerprint density at radius 1 is 0.636 bits per heavy atom. The van der Waals surface area contributed by atoms with Crippen LogP contribution in [0, 0.1) is 22.9 Å². The van der Waals surface area contributed by atoms with E-state index in [0.717, 1.165) is 32.7 Å². The lowest BCUT2D eigenvalue weighted by Crippen LogP contribution is -2.09. The topological polar surface area (TPSA) is 71.6 Å². The highest BCUT2D eigenvalue weighted by Gasteiger charge is 2.12. The maximum atomic E-state index is 8.84. The SMILES string of the molecule is N#CNCc1c2ccccc2c(CNC#N)c2ccccc12. The Bertz CT molecular complexity index is 783. The van der Waals surface area contributed by atoms with Crippen LogP contribution in [0.3, 0.4) is 0 Å². The smallest absolute Gasteiger partial charge is 0.176 e. The second-order valence-electron chi connectivity index (χ2n) is 4.98. The summed E-state index contributed by atoms with van der Waals surface area (Å²) in [5, 5.41) is 27.6. The van der Waals surface area contributed by atoms with Gasteiger partial charge >= 0.3 is 0 Å². The van der Waals surface area contributed by atoms with Crippen molar-refractivity contribution >= 4 is 21.5 Å². The summed E-state index contributed by atoms with van der Waals surface area (Å²) in [7, 11) is 0. The molecule has 0 aliphatic rings. The molecule has 0 aromatic heterocycles. The third kappa shape index (κ3) is 2.28. The van der Waals surface area contributed by atoms with Crippen LogP contribution >= 0.6 is 0 Å². The van der Waals surface area contributed by atoms with E-state index in [1.165, 1.54) is 0 Å². The molecule has 0 radical (unpaired) electrons. The second-order valence-corrected chi connectivity index (χ2v) is 4.98. The maximum absolute atomic E-state index is 8.84. The lowest BCUT2D eigenvalue weighted by Gasteiger charge is -2.16. The number of fused-ring (bicyclic) bond motifs is 2. The quantitative estimate of drug-likeness (QED) is 0.439. The van der Waals surface area contributed by atoms with E-state index in [-0.39, 0.29) is 0 Å². The van der Waals surface area contributed by atoms with Crippen LogP contribution in [0.2, 0.25) is 0 Å². The lowest BCUT2D eigenvalue weighted by molar-refractivity contribution is 0.889. The summed E-state index contributed by atoms with van der Waals surface area (Å²) in [6.45, 7) is 0.979. The highest BCUT2D eigenvalue weighted by Crippen LogP contribution is 2.32. The van der Waals surface area contributed by atoms with E-state index in [1.807, 2.05) is 36.7 Å². The first-order valence-electron chi connectivity index (χ1n) is 7.02. The van der Waals surface area contributed by atoms with E-state index in [1.54, 1.807) is 0 Å². The zero-order chi connectivity index (χ0) is 15.4. The van der Waals surface area contributed by atoms with Crippen molar-refractivity contribution in [2.75, 3.05) is 0 Å². The van der Waals surface area contributed by atoms with Crippen molar-refractivity contribution in [1.29, 1.82) is 10.5 Å². The van der Waals surface area contributed by atoms with E-state index in [9.17, 15) is 0 Å². The van der Waals surface area contributed by atoms with Gasteiger partial charge in [-0.15, -0.1) is 0 Å². The molecule has 0 fully saturated rings. The minimum Gasteiger partial charge on any atom is -0.319 e. The number of nitrogens with one attached hydrogen (secondary N) is 2. The zero-order valence-electron chi connectivity index (χ0n) is 11.9. The molecule has 0 aliphatic heterocycles. The van der Waals surface area contributed by atoms with E-state index in [2.05, 4.69) is 34.9 Å². The Balaban J connectivity index is 2.38. The van der Waals surface area contributed by atoms with Crippen LogP contribution in [0.1, 0.15) is 11.1 Å². The molecular weight excluding hydrogens is 272 g/mol. The second kappa shape index (κ2) is 6.03. The van der Waals surface area contributed by atoms with Gasteiger partial charge in [-0.1, -0.05) is 48.5 Å². The third-order valence-corrected chi connectivity index (χ3v) is 3.84. The molecule has 0 atom stereocenters. The van der Waals surface area contributed by atoms with Gasteiger partial charge in [0.2, 0.25) is 0 Å². The largest absolute Gasteiger partial charge is 0.319 e. The van der Waals surface area contributed by atoms with Gasteiger partial charge in [-0.05, 0) is 32.7 Å². The fourth-order valence-corrected chi connectivity index (χ4v) is 2.95. The minimum atomic E-state index is 0.490. The molecule has 2 N–H and O–H groups in total. The van der Waals surface area contributed by atoms with Crippen LogP contribution < -0.4 is 10.6 Å². The Labute approximate surface area is 128 Å². The molecule has 0 amide bonds. The highest BCUT2D eigenvalue weighted by atomic mass is 14.9. The average molecular weight is 286 g/mol. The Hall–Kier alpha value is -3.24. The molecule has 0 saturated heterocycles. The number of rotatable bonds is 4. The summed E-state index contributed by atoms with van der Waals surface area (Å²) in [5.41, 5.74) is 2.21. The summed E-state index contributed by atoms with van der Waals surface area (Å²) in [5.74, 6) is 0. The van der Waals surface area contributed by atoms with Crippen LogP contribution in [0.4, 0.5) is 0 Å². The molecular formula is C18H14N4. The number of hydrogen-bond donors (Lipinski definition) is 2. The van der Waals surface area contributed by atoms with Crippen LogP contribution in [-0.4, -0.2) is 0 Å². The van der Waals surface area contributed by atoms with Gasteiger partial charge in [0.15, 0.2) is 12.4 Å². The van der Waals surface area contributed by atoms with Crippen molar-refractivity contribution < 1.29 is 0 Å². The van der Waals surface area contributed by atoms with E-state index in [4.69, 9.17) is 10.5 Å². The lowest BCUT2D eigenvalue weighted by atomic mass is 9.91. The van der Waals surface area contributed by atoms with Gasteiger partial charge in [0.1, 0.15) is 0 Å². The van der Waals surface area contributed by atoms with Crippen LogP contribution in [0.5, 0.6) is 0 Å². The number of nitrogens with zero attached hydrogens (tertiary/aromatic N) is 2. The van der Waals surface area contributed by atoms with Crippen LogP contribution in [-0.2, 0) is 13.1 Å². The summed E-state index contributed by atoms with van der Waals surface area (Å²) < 4.78 is 0. The summed E-state index contributed by atoms with van der Waals surface area (Å²) in [6, 6.07) is 16.2. The van der Waals surface area contributed by atoms with Gasteiger partial charge in [0.25, 0.3) is 0 Å². The maximum Gasteiger partial charge on any atom is 0.176 e. The summed E-state index contributed by atoms with van der Waals surface area (Å²) >= 11 is 0. The molecule has 0 spiro atoms. The molecule has 0 aliphatic carbocycles. The Morgan fingerprint density at radius 3 is 1.23 bits per heavy atom. The first-order chi connectivity index (χ1) is 10.9. The first-order valence-corrected chi connectivity index (χ1v) is 7.02. The fraction of sp³-hybridized carbons (Fsp3) is 0.111. The normalized spacial score (nSPS) is 10.1. The molecule has 0 bridgehead atoms. The van der Waals surface area contributed by atoms with Gasteiger partial charge in [0, 0.05) is 0 Å². The Morgan fingerprint density at radius 2 is 0.955 bits per heavy atom. The number of benzene rings is 3. The first kappa shape index (κ1) is 13.7. The number of nitriles is 2. The Kier molecular flexibility index (Phi) is 3.76. The minimum absolute atomic E-state index is 0.490. The molecule has 0 saturated carbocycles. The molecule has 0 unspecified atom stereocenters. The van der Waals surface area contributed by atoms with E-state index in [0.29, 0.717) is 13.1 Å². The van der Waals surface area contributed by atoms with Gasteiger partial charge in [-0.3, -0.25) is 0 Å². The van der Waals surface area contributed by atoms with Crippen molar-refractivity contribution in [2.45, 2.75) is 13.1 Å². The van der Waals surface area contributed by atoms with Crippen molar-refractivity contribution in [2.24, 2.45) is 0 Å².